The van der Waals surface area contributed by atoms with Crippen molar-refractivity contribution in [2.75, 3.05) is 18.0 Å². The molecule has 36 heavy (non-hydrogen) atoms. The molecule has 0 saturated heterocycles. The molecular formula is C25H22F2N8O. The van der Waals surface area contributed by atoms with E-state index in [1.165, 1.54) is 16.5 Å². The van der Waals surface area contributed by atoms with Crippen molar-refractivity contribution in [2.45, 2.75) is 18.8 Å². The van der Waals surface area contributed by atoms with Gasteiger partial charge < -0.3 is 14.8 Å². The van der Waals surface area contributed by atoms with Gasteiger partial charge in [-0.05, 0) is 36.2 Å². The summed E-state index contributed by atoms with van der Waals surface area (Å²) < 4.78 is 27.7. The summed E-state index contributed by atoms with van der Waals surface area (Å²) in [6.07, 6.45) is 1.29. The first-order chi connectivity index (χ1) is 17.5. The largest absolute Gasteiger partial charge is 0.352 e. The lowest BCUT2D eigenvalue weighted by Gasteiger charge is -2.19. The summed E-state index contributed by atoms with van der Waals surface area (Å²) >= 11 is 0. The number of anilines is 2. The molecule has 9 nitrogen and oxygen atoms in total. The Morgan fingerprint density at radius 1 is 1.22 bits per heavy atom. The summed E-state index contributed by atoms with van der Waals surface area (Å²) in [4.78, 5) is 27.7. The van der Waals surface area contributed by atoms with Crippen LogP contribution in [-0.4, -0.2) is 48.7 Å². The summed E-state index contributed by atoms with van der Waals surface area (Å²) in [6.45, 7) is 1.17. The minimum atomic E-state index is -2.68. The van der Waals surface area contributed by atoms with Gasteiger partial charge in [0.1, 0.15) is 12.1 Å². The first-order valence-corrected chi connectivity index (χ1v) is 11.5. The summed E-state index contributed by atoms with van der Waals surface area (Å²) in [5.41, 5.74) is 4.26. The Kier molecular flexibility index (Phi) is 5.32. The molecular weight excluding hydrogens is 466 g/mol. The molecule has 2 aromatic carbocycles. The molecule has 1 atom stereocenters. The molecule has 0 bridgehead atoms. The van der Waals surface area contributed by atoms with Gasteiger partial charge in [0.2, 0.25) is 0 Å². The summed E-state index contributed by atoms with van der Waals surface area (Å²) in [7, 11) is 1.54. The fourth-order valence-electron chi connectivity index (χ4n) is 4.93. The molecule has 2 N–H and O–H groups in total. The second-order valence-corrected chi connectivity index (χ2v) is 8.77. The number of hydrogen-bond donors (Lipinski definition) is 2. The van der Waals surface area contributed by atoms with Crippen molar-refractivity contribution in [1.29, 1.82) is 0 Å². The fourth-order valence-corrected chi connectivity index (χ4v) is 4.93. The number of aromatic nitrogens is 6. The van der Waals surface area contributed by atoms with Crippen LogP contribution in [0.15, 0.2) is 55.0 Å². The van der Waals surface area contributed by atoms with Crippen LogP contribution in [-0.2, 0) is 7.05 Å². The highest BCUT2D eigenvalue weighted by molar-refractivity contribution is 5.97. The molecule has 1 aliphatic heterocycles. The highest BCUT2D eigenvalue weighted by Gasteiger charge is 2.31. The first kappa shape index (κ1) is 22.1. The number of hydrogen-bond acceptors (Lipinski definition) is 6. The van der Waals surface area contributed by atoms with Gasteiger partial charge in [-0.2, -0.15) is 5.10 Å². The molecule has 182 valence electrons. The summed E-state index contributed by atoms with van der Waals surface area (Å²) in [5, 5.41) is 10.8. The third-order valence-electron chi connectivity index (χ3n) is 6.70. The molecule has 6 rings (SSSR count). The van der Waals surface area contributed by atoms with Crippen LogP contribution >= 0.6 is 0 Å². The van der Waals surface area contributed by atoms with E-state index in [1.54, 1.807) is 31.4 Å². The number of benzene rings is 2. The lowest BCUT2D eigenvalue weighted by molar-refractivity contribution is 0.0952. The quantitative estimate of drug-likeness (QED) is 0.371. The molecule has 4 heterocycles. The minimum Gasteiger partial charge on any atom is -0.352 e. The summed E-state index contributed by atoms with van der Waals surface area (Å²) in [6, 6.07) is 13.0. The second-order valence-electron chi connectivity index (χ2n) is 8.77. The van der Waals surface area contributed by atoms with Gasteiger partial charge in [0.15, 0.2) is 11.5 Å². The van der Waals surface area contributed by atoms with E-state index in [4.69, 9.17) is 0 Å². The molecule has 1 amide bonds. The van der Waals surface area contributed by atoms with E-state index in [9.17, 15) is 13.6 Å². The van der Waals surface area contributed by atoms with Crippen LogP contribution in [0, 0.1) is 0 Å². The van der Waals surface area contributed by atoms with Crippen molar-refractivity contribution in [3.8, 4) is 0 Å². The molecule has 1 unspecified atom stereocenters. The predicted molar refractivity (Wildman–Crippen MR) is 130 cm³/mol. The number of rotatable bonds is 6. The Hall–Kier alpha value is -4.41. The van der Waals surface area contributed by atoms with Gasteiger partial charge in [-0.3, -0.25) is 9.89 Å². The molecule has 5 aromatic rings. The van der Waals surface area contributed by atoms with Crippen molar-refractivity contribution in [3.63, 3.8) is 0 Å². The SMILES string of the molecule is Cn1c(C(F)F)nc2cc(C(=O)NCCC3CN(c4ncnc5[nH]ncc45)c4ccccc43)ccc21. The van der Waals surface area contributed by atoms with Crippen LogP contribution in [0.4, 0.5) is 20.3 Å². The number of aromatic amines is 1. The third-order valence-corrected chi connectivity index (χ3v) is 6.70. The van der Waals surface area contributed by atoms with Crippen LogP contribution in [0.1, 0.15) is 40.5 Å². The lowest BCUT2D eigenvalue weighted by Crippen LogP contribution is -2.26. The average molecular weight is 489 g/mol. The number of aryl methyl sites for hydroxylation is 1. The monoisotopic (exact) mass is 488 g/mol. The number of halogens is 2. The Balaban J connectivity index is 1.17. The highest BCUT2D eigenvalue weighted by atomic mass is 19.3. The van der Waals surface area contributed by atoms with E-state index in [-0.39, 0.29) is 17.6 Å². The maximum atomic E-state index is 13.2. The zero-order valence-electron chi connectivity index (χ0n) is 19.3. The van der Waals surface area contributed by atoms with Gasteiger partial charge >= 0.3 is 0 Å². The smallest absolute Gasteiger partial charge is 0.295 e. The normalized spacial score (nSPS) is 15.2. The van der Waals surface area contributed by atoms with Crippen LogP contribution in [0.25, 0.3) is 22.1 Å². The van der Waals surface area contributed by atoms with Crippen molar-refractivity contribution >= 4 is 39.5 Å². The van der Waals surface area contributed by atoms with Crippen LogP contribution in [0.2, 0.25) is 0 Å². The molecule has 0 fully saturated rings. The van der Waals surface area contributed by atoms with Crippen molar-refractivity contribution in [3.05, 3.63) is 71.9 Å². The second kappa shape index (κ2) is 8.67. The van der Waals surface area contributed by atoms with Crippen molar-refractivity contribution in [1.82, 2.24) is 35.0 Å². The number of alkyl halides is 2. The Bertz CT molecular complexity index is 1590. The van der Waals surface area contributed by atoms with E-state index < -0.39 is 6.43 Å². The number of carbonyl (C=O) groups excluding carboxylic acids is 1. The van der Waals surface area contributed by atoms with Crippen molar-refractivity contribution in [2.24, 2.45) is 7.05 Å². The molecule has 11 heteroatoms. The van der Waals surface area contributed by atoms with Gasteiger partial charge in [0.25, 0.3) is 12.3 Å². The number of imidazole rings is 1. The maximum Gasteiger partial charge on any atom is 0.295 e. The third kappa shape index (κ3) is 3.63. The predicted octanol–water partition coefficient (Wildman–Crippen LogP) is 4.23. The number of nitrogens with one attached hydrogen (secondary N) is 2. The fraction of sp³-hybridized carbons (Fsp3) is 0.240. The van der Waals surface area contributed by atoms with E-state index in [2.05, 4.69) is 47.5 Å². The first-order valence-electron chi connectivity index (χ1n) is 11.5. The molecule has 0 saturated carbocycles. The number of amides is 1. The number of fused-ring (bicyclic) bond motifs is 3. The van der Waals surface area contributed by atoms with Gasteiger partial charge in [0, 0.05) is 37.3 Å². The molecule has 0 spiro atoms. The molecule has 1 aliphatic rings. The zero-order chi connectivity index (χ0) is 24.8. The molecule has 3 aromatic heterocycles. The van der Waals surface area contributed by atoms with E-state index in [1.807, 2.05) is 12.1 Å². The number of H-pyrrole nitrogens is 1. The molecule has 0 aliphatic carbocycles. The Labute approximate surface area is 204 Å². The topological polar surface area (TPSA) is 105 Å². The Morgan fingerprint density at radius 2 is 2.08 bits per heavy atom. The summed E-state index contributed by atoms with van der Waals surface area (Å²) in [5.74, 6) is 0.397. The van der Waals surface area contributed by atoms with Crippen LogP contribution in [0.5, 0.6) is 0 Å². The van der Waals surface area contributed by atoms with Gasteiger partial charge in [-0.1, -0.05) is 18.2 Å². The number of para-hydroxylation sites is 1. The number of nitrogens with zero attached hydrogens (tertiary/aromatic N) is 6. The Morgan fingerprint density at radius 3 is 2.94 bits per heavy atom. The lowest BCUT2D eigenvalue weighted by atomic mass is 9.98. The van der Waals surface area contributed by atoms with E-state index in [0.29, 0.717) is 35.3 Å². The maximum absolute atomic E-state index is 13.2. The minimum absolute atomic E-state index is 0.185. The standard InChI is InChI=1S/C25H22F2N8O/c1-34-20-7-6-14(10-18(20)32-24(34)21(26)27)25(36)28-9-8-15-12-35(19-5-3-2-4-16(15)19)23-17-11-31-33-22(17)29-13-30-23/h2-7,10-11,13,15,21H,8-9,12H2,1H3,(H,28,36)(H,29,30,31,33). The average Bonchev–Trinajstić information content (AvgIpc) is 3.60. The zero-order valence-corrected chi connectivity index (χ0v) is 19.3. The van der Waals surface area contributed by atoms with Crippen LogP contribution in [0.3, 0.4) is 0 Å². The highest BCUT2D eigenvalue weighted by Crippen LogP contribution is 2.42. The van der Waals surface area contributed by atoms with E-state index in [0.717, 1.165) is 23.3 Å². The van der Waals surface area contributed by atoms with Gasteiger partial charge in [0.05, 0.1) is 22.6 Å². The van der Waals surface area contributed by atoms with Gasteiger partial charge in [-0.25, -0.2) is 23.7 Å². The van der Waals surface area contributed by atoms with Gasteiger partial charge in [-0.15, -0.1) is 0 Å². The van der Waals surface area contributed by atoms with E-state index >= 15 is 0 Å². The molecule has 0 radical (unpaired) electrons. The van der Waals surface area contributed by atoms with Crippen molar-refractivity contribution < 1.29 is 13.6 Å². The number of carbonyl (C=O) groups is 1. The van der Waals surface area contributed by atoms with Crippen LogP contribution < -0.4 is 10.2 Å².